The van der Waals surface area contributed by atoms with E-state index in [2.05, 4.69) is 12.1 Å². The first-order valence-corrected chi connectivity index (χ1v) is 5.65. The number of nitrogens with two attached hydrogens (primary N) is 1. The maximum Gasteiger partial charge on any atom is 0.119 e. The Morgan fingerprint density at radius 1 is 1.12 bits per heavy atom. The van der Waals surface area contributed by atoms with Crippen molar-refractivity contribution in [3.8, 4) is 5.75 Å². The van der Waals surface area contributed by atoms with Crippen molar-refractivity contribution < 1.29 is 4.74 Å². The van der Waals surface area contributed by atoms with Crippen LogP contribution in [0.5, 0.6) is 5.75 Å². The van der Waals surface area contributed by atoms with Gasteiger partial charge in [0.1, 0.15) is 5.75 Å². The zero-order chi connectivity index (χ0) is 11.1. The zero-order valence-electron chi connectivity index (χ0n) is 9.36. The summed E-state index contributed by atoms with van der Waals surface area (Å²) < 4.78 is 5.24. The van der Waals surface area contributed by atoms with Crippen LogP contribution in [0.2, 0.25) is 0 Å². The maximum atomic E-state index is 6.01. The lowest BCUT2D eigenvalue weighted by Gasteiger charge is -2.09. The highest BCUT2D eigenvalue weighted by Gasteiger charge is 2.25. The Morgan fingerprint density at radius 3 is 2.62 bits per heavy atom. The van der Waals surface area contributed by atoms with Crippen molar-refractivity contribution in [2.45, 2.75) is 18.8 Å². The van der Waals surface area contributed by atoms with E-state index in [1.165, 1.54) is 23.8 Å². The number of benzene rings is 2. The van der Waals surface area contributed by atoms with Crippen LogP contribution in [-0.4, -0.2) is 7.11 Å². The summed E-state index contributed by atoms with van der Waals surface area (Å²) in [5.41, 5.74) is 8.28. The molecule has 0 saturated heterocycles. The predicted octanol–water partition coefficient (Wildman–Crippen LogP) is 3.31. The molecule has 0 unspecified atom stereocenters. The van der Waals surface area contributed by atoms with Crippen LogP contribution in [0.1, 0.15) is 24.3 Å². The van der Waals surface area contributed by atoms with Crippen molar-refractivity contribution in [2.75, 3.05) is 12.8 Å². The van der Waals surface area contributed by atoms with Crippen molar-refractivity contribution in [1.29, 1.82) is 0 Å². The summed E-state index contributed by atoms with van der Waals surface area (Å²) in [7, 11) is 1.68. The molecule has 82 valence electrons. The highest BCUT2D eigenvalue weighted by atomic mass is 16.5. The molecular formula is C14H15NO. The normalized spacial score (nSPS) is 15.3. The Morgan fingerprint density at radius 2 is 1.94 bits per heavy atom. The third-order valence-electron chi connectivity index (χ3n) is 3.31. The van der Waals surface area contributed by atoms with Gasteiger partial charge in [0.15, 0.2) is 0 Å². The predicted molar refractivity (Wildman–Crippen MR) is 66.9 cm³/mol. The van der Waals surface area contributed by atoms with Crippen LogP contribution >= 0.6 is 0 Å². The molecule has 0 amide bonds. The molecule has 2 N–H and O–H groups in total. The summed E-state index contributed by atoms with van der Waals surface area (Å²) in [5.74, 6) is 1.61. The lowest BCUT2D eigenvalue weighted by atomic mass is 9.99. The molecule has 2 aromatic carbocycles. The molecule has 1 fully saturated rings. The topological polar surface area (TPSA) is 35.2 Å². The van der Waals surface area contributed by atoms with Crippen LogP contribution in [-0.2, 0) is 0 Å². The molecule has 2 nitrogen and oxygen atoms in total. The number of methoxy groups -OCH3 is 1. The van der Waals surface area contributed by atoms with Crippen LogP contribution in [0.25, 0.3) is 10.8 Å². The minimum Gasteiger partial charge on any atom is -0.497 e. The summed E-state index contributed by atoms with van der Waals surface area (Å²) in [6.07, 6.45) is 2.62. The summed E-state index contributed by atoms with van der Waals surface area (Å²) in [4.78, 5) is 0. The van der Waals surface area contributed by atoms with Crippen molar-refractivity contribution in [3.63, 3.8) is 0 Å². The Labute approximate surface area is 95.0 Å². The monoisotopic (exact) mass is 213 g/mol. The fourth-order valence-corrected chi connectivity index (χ4v) is 2.25. The van der Waals surface area contributed by atoms with Gasteiger partial charge in [-0.1, -0.05) is 12.1 Å². The van der Waals surface area contributed by atoms with Gasteiger partial charge in [-0.2, -0.15) is 0 Å². The van der Waals surface area contributed by atoms with Crippen LogP contribution in [0.3, 0.4) is 0 Å². The average Bonchev–Trinajstić information content (AvgIpc) is 3.13. The number of hydrogen-bond acceptors (Lipinski definition) is 2. The fourth-order valence-electron chi connectivity index (χ4n) is 2.25. The van der Waals surface area contributed by atoms with E-state index in [0.717, 1.165) is 22.7 Å². The van der Waals surface area contributed by atoms with Crippen LogP contribution < -0.4 is 10.5 Å². The largest absolute Gasteiger partial charge is 0.497 e. The second kappa shape index (κ2) is 3.41. The number of nitrogen functional groups attached to an aromatic ring is 1. The maximum absolute atomic E-state index is 6.01. The first-order chi connectivity index (χ1) is 7.79. The average molecular weight is 213 g/mol. The van der Waals surface area contributed by atoms with Gasteiger partial charge >= 0.3 is 0 Å². The van der Waals surface area contributed by atoms with E-state index in [1.807, 2.05) is 18.2 Å². The number of anilines is 1. The lowest BCUT2D eigenvalue weighted by Crippen LogP contribution is -1.92. The third-order valence-corrected chi connectivity index (χ3v) is 3.31. The van der Waals surface area contributed by atoms with E-state index in [4.69, 9.17) is 10.5 Å². The van der Waals surface area contributed by atoms with Gasteiger partial charge in [-0.3, -0.25) is 0 Å². The molecule has 0 aliphatic heterocycles. The molecule has 3 rings (SSSR count). The first kappa shape index (κ1) is 9.52. The summed E-state index contributed by atoms with van der Waals surface area (Å²) >= 11 is 0. The smallest absolute Gasteiger partial charge is 0.119 e. The quantitative estimate of drug-likeness (QED) is 0.777. The van der Waals surface area contributed by atoms with E-state index in [9.17, 15) is 0 Å². The summed E-state index contributed by atoms with van der Waals surface area (Å²) in [6, 6.07) is 10.3. The van der Waals surface area contributed by atoms with E-state index >= 15 is 0 Å². The molecule has 0 heterocycles. The molecule has 0 atom stereocenters. The van der Waals surface area contributed by atoms with Gasteiger partial charge < -0.3 is 10.5 Å². The standard InChI is InChI=1S/C14H15NO/c1-16-10-4-5-12-11(9-2-3-9)6-7-14(15)13(12)8-10/h4-9H,2-3,15H2,1H3. The van der Waals surface area contributed by atoms with Crippen molar-refractivity contribution in [2.24, 2.45) is 0 Å². The van der Waals surface area contributed by atoms with Crippen LogP contribution in [0.4, 0.5) is 5.69 Å². The molecule has 1 aliphatic carbocycles. The Hall–Kier alpha value is -1.70. The van der Waals surface area contributed by atoms with Gasteiger partial charge in [0, 0.05) is 11.1 Å². The van der Waals surface area contributed by atoms with E-state index in [-0.39, 0.29) is 0 Å². The molecule has 16 heavy (non-hydrogen) atoms. The number of rotatable bonds is 2. The summed E-state index contributed by atoms with van der Waals surface area (Å²) in [5, 5.41) is 2.40. The highest BCUT2D eigenvalue weighted by Crippen LogP contribution is 2.44. The molecule has 0 radical (unpaired) electrons. The second-order valence-corrected chi connectivity index (χ2v) is 4.43. The Kier molecular flexibility index (Phi) is 2.03. The van der Waals surface area contributed by atoms with Gasteiger partial charge in [0.2, 0.25) is 0 Å². The Bertz CT molecular complexity index is 544. The number of hydrogen-bond donors (Lipinski definition) is 1. The minimum atomic E-state index is 0.747. The fraction of sp³-hybridized carbons (Fsp3) is 0.286. The first-order valence-electron chi connectivity index (χ1n) is 5.65. The van der Waals surface area contributed by atoms with Crippen LogP contribution in [0, 0.1) is 0 Å². The molecule has 0 bridgehead atoms. The molecular weight excluding hydrogens is 198 g/mol. The van der Waals surface area contributed by atoms with E-state index in [1.54, 1.807) is 7.11 Å². The summed E-state index contributed by atoms with van der Waals surface area (Å²) in [6.45, 7) is 0. The van der Waals surface area contributed by atoms with Crippen LogP contribution in [0.15, 0.2) is 30.3 Å². The molecule has 2 heteroatoms. The zero-order valence-corrected chi connectivity index (χ0v) is 9.36. The van der Waals surface area contributed by atoms with Gasteiger partial charge in [0.25, 0.3) is 0 Å². The SMILES string of the molecule is COc1ccc2c(C3CC3)ccc(N)c2c1. The van der Waals surface area contributed by atoms with Gasteiger partial charge in [-0.15, -0.1) is 0 Å². The van der Waals surface area contributed by atoms with Crippen molar-refractivity contribution in [1.82, 2.24) is 0 Å². The van der Waals surface area contributed by atoms with E-state index < -0.39 is 0 Å². The Balaban J connectivity index is 2.27. The second-order valence-electron chi connectivity index (χ2n) is 4.43. The van der Waals surface area contributed by atoms with E-state index in [0.29, 0.717) is 0 Å². The molecule has 0 spiro atoms. The molecule has 2 aromatic rings. The molecule has 0 aromatic heterocycles. The molecule has 1 saturated carbocycles. The third kappa shape index (κ3) is 1.42. The van der Waals surface area contributed by atoms with Crippen molar-refractivity contribution >= 4 is 16.5 Å². The number of ether oxygens (including phenoxy) is 1. The van der Waals surface area contributed by atoms with Gasteiger partial charge in [-0.25, -0.2) is 0 Å². The van der Waals surface area contributed by atoms with Gasteiger partial charge in [0.05, 0.1) is 7.11 Å². The number of fused-ring (bicyclic) bond motifs is 1. The molecule has 1 aliphatic rings. The minimum absolute atomic E-state index is 0.747. The van der Waals surface area contributed by atoms with Gasteiger partial charge in [-0.05, 0) is 47.9 Å². The highest BCUT2D eigenvalue weighted by molar-refractivity contribution is 5.96. The van der Waals surface area contributed by atoms with Crippen molar-refractivity contribution in [3.05, 3.63) is 35.9 Å². The lowest BCUT2D eigenvalue weighted by molar-refractivity contribution is 0.415.